The minimum Gasteiger partial charge on any atom is -0.315 e. The Morgan fingerprint density at radius 3 is 2.94 bits per heavy atom. The zero-order valence-corrected chi connectivity index (χ0v) is 10.3. The summed E-state index contributed by atoms with van der Waals surface area (Å²) in [5, 5.41) is 7.71. The van der Waals surface area contributed by atoms with E-state index < -0.39 is 0 Å². The minimum atomic E-state index is 0.484. The van der Waals surface area contributed by atoms with E-state index in [2.05, 4.69) is 29.4 Å². The van der Waals surface area contributed by atoms with E-state index in [1.807, 2.05) is 11.0 Å². The summed E-state index contributed by atoms with van der Waals surface area (Å²) in [5.74, 6) is 0.865. The molecule has 0 spiro atoms. The molecule has 1 aromatic rings. The molecule has 1 aliphatic rings. The first-order chi connectivity index (χ1) is 7.85. The van der Waals surface area contributed by atoms with Gasteiger partial charge in [0, 0.05) is 6.04 Å². The molecule has 0 radical (unpaired) electrons. The number of hydrogen-bond donors (Lipinski definition) is 1. The van der Waals surface area contributed by atoms with Crippen molar-refractivity contribution in [3.63, 3.8) is 0 Å². The molecule has 1 fully saturated rings. The van der Waals surface area contributed by atoms with E-state index in [-0.39, 0.29) is 0 Å². The summed E-state index contributed by atoms with van der Waals surface area (Å²) in [4.78, 5) is 4.06. The molecular weight excluding hydrogens is 200 g/mol. The molecule has 90 valence electrons. The fraction of sp³-hybridized carbons (Fsp3) is 0.833. The van der Waals surface area contributed by atoms with Gasteiger partial charge in [0.1, 0.15) is 12.7 Å². The Hall–Kier alpha value is -0.900. The molecule has 1 aliphatic carbocycles. The van der Waals surface area contributed by atoms with Crippen LogP contribution < -0.4 is 5.32 Å². The summed E-state index contributed by atoms with van der Waals surface area (Å²) >= 11 is 0. The van der Waals surface area contributed by atoms with Gasteiger partial charge in [0.2, 0.25) is 0 Å². The van der Waals surface area contributed by atoms with Crippen LogP contribution in [0.3, 0.4) is 0 Å². The van der Waals surface area contributed by atoms with Crippen LogP contribution in [0.25, 0.3) is 0 Å². The lowest BCUT2D eigenvalue weighted by Gasteiger charge is -2.35. The molecule has 4 heteroatoms. The highest BCUT2D eigenvalue weighted by Gasteiger charge is 2.30. The van der Waals surface area contributed by atoms with E-state index in [0.29, 0.717) is 12.1 Å². The summed E-state index contributed by atoms with van der Waals surface area (Å²) < 4.78 is 2.03. The third-order valence-electron chi connectivity index (χ3n) is 3.77. The van der Waals surface area contributed by atoms with Crippen molar-refractivity contribution in [1.82, 2.24) is 20.1 Å². The molecule has 1 aromatic heterocycles. The minimum absolute atomic E-state index is 0.484. The van der Waals surface area contributed by atoms with Crippen molar-refractivity contribution in [2.45, 2.75) is 51.1 Å². The molecule has 4 nitrogen and oxygen atoms in total. The van der Waals surface area contributed by atoms with Gasteiger partial charge in [-0.05, 0) is 32.2 Å². The lowest BCUT2D eigenvalue weighted by Crippen LogP contribution is -2.40. The van der Waals surface area contributed by atoms with Crippen molar-refractivity contribution in [3.8, 4) is 0 Å². The zero-order valence-electron chi connectivity index (χ0n) is 10.3. The second-order valence-corrected chi connectivity index (χ2v) is 4.81. The van der Waals surface area contributed by atoms with Crippen LogP contribution in [-0.4, -0.2) is 27.9 Å². The Morgan fingerprint density at radius 1 is 1.44 bits per heavy atom. The molecule has 0 aromatic carbocycles. The Kier molecular flexibility index (Phi) is 3.93. The predicted octanol–water partition coefficient (Wildman–Crippen LogP) is 2.01. The van der Waals surface area contributed by atoms with E-state index >= 15 is 0 Å². The maximum absolute atomic E-state index is 4.30. The summed E-state index contributed by atoms with van der Waals surface area (Å²) in [6, 6.07) is 1.03. The van der Waals surface area contributed by atoms with Crippen molar-refractivity contribution >= 4 is 0 Å². The van der Waals surface area contributed by atoms with Gasteiger partial charge in [-0.25, -0.2) is 9.67 Å². The molecule has 0 bridgehead atoms. The van der Waals surface area contributed by atoms with E-state index in [4.69, 9.17) is 0 Å². The molecule has 3 atom stereocenters. The van der Waals surface area contributed by atoms with Gasteiger partial charge in [-0.15, -0.1) is 0 Å². The van der Waals surface area contributed by atoms with E-state index in [1.165, 1.54) is 32.1 Å². The molecule has 1 N–H and O–H groups in total. The fourth-order valence-corrected chi connectivity index (χ4v) is 2.92. The summed E-state index contributed by atoms with van der Waals surface area (Å²) in [5.41, 5.74) is 0. The number of aromatic nitrogens is 3. The van der Waals surface area contributed by atoms with Crippen LogP contribution in [0.1, 0.15) is 45.1 Å². The van der Waals surface area contributed by atoms with Gasteiger partial charge < -0.3 is 5.32 Å². The Bertz CT molecular complexity index is 296. The zero-order chi connectivity index (χ0) is 11.4. The summed E-state index contributed by atoms with van der Waals surface area (Å²) in [6.45, 7) is 2.27. The van der Waals surface area contributed by atoms with Gasteiger partial charge in [0.25, 0.3) is 0 Å². The van der Waals surface area contributed by atoms with Crippen molar-refractivity contribution in [3.05, 3.63) is 12.7 Å². The fourth-order valence-electron chi connectivity index (χ4n) is 2.92. The number of hydrogen-bond acceptors (Lipinski definition) is 3. The highest BCUT2D eigenvalue weighted by atomic mass is 15.3. The SMILES string of the molecule is CCCC1CCC(NC)C(n2cncn2)C1. The molecule has 1 saturated carbocycles. The van der Waals surface area contributed by atoms with Gasteiger partial charge in [0.15, 0.2) is 0 Å². The monoisotopic (exact) mass is 222 g/mol. The standard InChI is InChI=1S/C12H22N4/c1-3-4-10-5-6-11(13-2)12(7-10)16-9-14-8-15-16/h8-13H,3-7H2,1-2H3. The van der Waals surface area contributed by atoms with Crippen LogP contribution in [0.4, 0.5) is 0 Å². The maximum atomic E-state index is 4.30. The van der Waals surface area contributed by atoms with Crippen molar-refractivity contribution in [1.29, 1.82) is 0 Å². The quantitative estimate of drug-likeness (QED) is 0.847. The highest BCUT2D eigenvalue weighted by molar-refractivity contribution is 4.87. The smallest absolute Gasteiger partial charge is 0.137 e. The molecule has 0 saturated heterocycles. The first-order valence-electron chi connectivity index (χ1n) is 6.36. The Morgan fingerprint density at radius 2 is 2.31 bits per heavy atom. The lowest BCUT2D eigenvalue weighted by molar-refractivity contribution is 0.192. The Balaban J connectivity index is 2.05. The first kappa shape index (κ1) is 11.6. The maximum Gasteiger partial charge on any atom is 0.137 e. The number of likely N-dealkylation sites (N-methyl/N-ethyl adjacent to an activating group) is 1. The third kappa shape index (κ3) is 2.43. The largest absolute Gasteiger partial charge is 0.315 e. The normalized spacial score (nSPS) is 30.5. The van der Waals surface area contributed by atoms with Crippen molar-refractivity contribution in [2.24, 2.45) is 5.92 Å². The topological polar surface area (TPSA) is 42.7 Å². The Labute approximate surface area is 97.5 Å². The predicted molar refractivity (Wildman–Crippen MR) is 64.2 cm³/mol. The molecular formula is C12H22N4. The number of nitrogens with one attached hydrogen (secondary N) is 1. The average molecular weight is 222 g/mol. The van der Waals surface area contributed by atoms with E-state index in [9.17, 15) is 0 Å². The van der Waals surface area contributed by atoms with Gasteiger partial charge in [-0.1, -0.05) is 19.8 Å². The molecule has 1 heterocycles. The van der Waals surface area contributed by atoms with Crippen LogP contribution in [-0.2, 0) is 0 Å². The molecule has 2 rings (SSSR count). The van der Waals surface area contributed by atoms with Crippen LogP contribution in [0.15, 0.2) is 12.7 Å². The first-order valence-corrected chi connectivity index (χ1v) is 6.36. The van der Waals surface area contributed by atoms with Gasteiger partial charge in [-0.3, -0.25) is 0 Å². The van der Waals surface area contributed by atoms with Crippen molar-refractivity contribution in [2.75, 3.05) is 7.05 Å². The van der Waals surface area contributed by atoms with E-state index in [0.717, 1.165) is 5.92 Å². The molecule has 16 heavy (non-hydrogen) atoms. The van der Waals surface area contributed by atoms with E-state index in [1.54, 1.807) is 6.33 Å². The molecule has 0 aliphatic heterocycles. The van der Waals surface area contributed by atoms with Crippen LogP contribution >= 0.6 is 0 Å². The van der Waals surface area contributed by atoms with Gasteiger partial charge in [-0.2, -0.15) is 5.10 Å². The lowest BCUT2D eigenvalue weighted by atomic mass is 9.80. The van der Waals surface area contributed by atoms with Gasteiger partial charge >= 0.3 is 0 Å². The van der Waals surface area contributed by atoms with Crippen LogP contribution in [0, 0.1) is 5.92 Å². The molecule has 3 unspecified atom stereocenters. The summed E-state index contributed by atoms with van der Waals surface area (Å²) in [7, 11) is 2.05. The second kappa shape index (κ2) is 5.43. The average Bonchev–Trinajstić information content (AvgIpc) is 2.83. The number of nitrogens with zero attached hydrogens (tertiary/aromatic N) is 3. The second-order valence-electron chi connectivity index (χ2n) is 4.81. The molecule has 0 amide bonds. The third-order valence-corrected chi connectivity index (χ3v) is 3.77. The van der Waals surface area contributed by atoms with Crippen LogP contribution in [0.5, 0.6) is 0 Å². The van der Waals surface area contributed by atoms with Gasteiger partial charge in [0.05, 0.1) is 6.04 Å². The van der Waals surface area contributed by atoms with Crippen LogP contribution in [0.2, 0.25) is 0 Å². The van der Waals surface area contributed by atoms with Crippen molar-refractivity contribution < 1.29 is 0 Å². The highest BCUT2D eigenvalue weighted by Crippen LogP contribution is 2.34. The number of rotatable bonds is 4. The summed E-state index contributed by atoms with van der Waals surface area (Å²) in [6.07, 6.45) is 9.97.